The summed E-state index contributed by atoms with van der Waals surface area (Å²) in [4.78, 5) is 13.4. The van der Waals surface area contributed by atoms with Crippen molar-refractivity contribution < 1.29 is 9.90 Å². The molecule has 15 heavy (non-hydrogen) atoms. The van der Waals surface area contributed by atoms with E-state index in [1.807, 2.05) is 24.0 Å². The number of aromatic hydroxyl groups is 1. The minimum absolute atomic E-state index is 0.186. The summed E-state index contributed by atoms with van der Waals surface area (Å²) >= 11 is 0. The van der Waals surface area contributed by atoms with Crippen molar-refractivity contribution >= 4 is 5.91 Å². The standard InChI is InChI=1S/C12H15NO2/c1-9-6-7-12(15)13(9)8-10-4-2-3-5-11(10)14/h2-5,9,14H,6-8H2,1H3. The number of phenols is 1. The summed E-state index contributed by atoms with van der Waals surface area (Å²) in [6, 6.07) is 7.46. The maximum absolute atomic E-state index is 11.5. The predicted molar refractivity (Wildman–Crippen MR) is 57.4 cm³/mol. The summed E-state index contributed by atoms with van der Waals surface area (Å²) in [7, 11) is 0. The second-order valence-electron chi connectivity index (χ2n) is 4.04. The third kappa shape index (κ3) is 1.96. The fourth-order valence-electron chi connectivity index (χ4n) is 1.95. The monoisotopic (exact) mass is 205 g/mol. The van der Waals surface area contributed by atoms with Gasteiger partial charge in [0.05, 0.1) is 0 Å². The lowest BCUT2D eigenvalue weighted by molar-refractivity contribution is -0.129. The molecule has 3 heteroatoms. The molecule has 80 valence electrons. The van der Waals surface area contributed by atoms with Gasteiger partial charge in [-0.2, -0.15) is 0 Å². The lowest BCUT2D eigenvalue weighted by Crippen LogP contribution is -2.30. The largest absolute Gasteiger partial charge is 0.508 e. The predicted octanol–water partition coefficient (Wildman–Crippen LogP) is 1.90. The topological polar surface area (TPSA) is 40.5 Å². The average Bonchev–Trinajstić information content (AvgIpc) is 2.53. The molecular formula is C12H15NO2. The van der Waals surface area contributed by atoms with E-state index in [-0.39, 0.29) is 17.7 Å². The Morgan fingerprint density at radius 1 is 1.47 bits per heavy atom. The maximum Gasteiger partial charge on any atom is 0.223 e. The van der Waals surface area contributed by atoms with Crippen molar-refractivity contribution in [1.82, 2.24) is 4.90 Å². The molecule has 2 rings (SSSR count). The van der Waals surface area contributed by atoms with Crippen molar-refractivity contribution in [3.8, 4) is 5.75 Å². The molecule has 0 aliphatic carbocycles. The molecule has 0 saturated carbocycles. The number of benzene rings is 1. The number of carbonyl (C=O) groups is 1. The van der Waals surface area contributed by atoms with E-state index >= 15 is 0 Å². The van der Waals surface area contributed by atoms with E-state index in [2.05, 4.69) is 0 Å². The Bertz CT molecular complexity index is 376. The molecule has 1 fully saturated rings. The fourth-order valence-corrected chi connectivity index (χ4v) is 1.95. The number of nitrogens with zero attached hydrogens (tertiary/aromatic N) is 1. The summed E-state index contributed by atoms with van der Waals surface area (Å²) in [6.45, 7) is 2.57. The van der Waals surface area contributed by atoms with Crippen LogP contribution in [0.5, 0.6) is 5.75 Å². The Balaban J connectivity index is 2.15. The van der Waals surface area contributed by atoms with Crippen LogP contribution < -0.4 is 0 Å². The number of phenolic OH excluding ortho intramolecular Hbond substituents is 1. The molecule has 1 amide bonds. The molecule has 3 nitrogen and oxygen atoms in total. The van der Waals surface area contributed by atoms with Gasteiger partial charge in [-0.05, 0) is 19.4 Å². The lowest BCUT2D eigenvalue weighted by atomic mass is 10.2. The van der Waals surface area contributed by atoms with E-state index in [0.29, 0.717) is 13.0 Å². The van der Waals surface area contributed by atoms with E-state index in [0.717, 1.165) is 12.0 Å². The van der Waals surface area contributed by atoms with Gasteiger partial charge in [0, 0.05) is 24.6 Å². The van der Waals surface area contributed by atoms with Gasteiger partial charge in [0.15, 0.2) is 0 Å². The first-order valence-electron chi connectivity index (χ1n) is 5.25. The van der Waals surface area contributed by atoms with Crippen LogP contribution >= 0.6 is 0 Å². The molecule has 0 bridgehead atoms. The molecule has 1 N–H and O–H groups in total. The highest BCUT2D eigenvalue weighted by Crippen LogP contribution is 2.24. The van der Waals surface area contributed by atoms with Crippen molar-refractivity contribution in [2.24, 2.45) is 0 Å². The number of carbonyl (C=O) groups excluding carboxylic acids is 1. The summed E-state index contributed by atoms with van der Waals surface area (Å²) in [6.07, 6.45) is 1.56. The molecule has 0 aromatic heterocycles. The molecule has 0 radical (unpaired) electrons. The molecule has 0 spiro atoms. The van der Waals surface area contributed by atoms with Crippen LogP contribution in [0.3, 0.4) is 0 Å². The summed E-state index contributed by atoms with van der Waals surface area (Å²) in [5.41, 5.74) is 0.819. The van der Waals surface area contributed by atoms with Crippen LogP contribution in [-0.4, -0.2) is 22.0 Å². The van der Waals surface area contributed by atoms with E-state index in [4.69, 9.17) is 0 Å². The zero-order valence-corrected chi connectivity index (χ0v) is 8.81. The van der Waals surface area contributed by atoms with Crippen molar-refractivity contribution in [2.45, 2.75) is 32.4 Å². The lowest BCUT2D eigenvalue weighted by Gasteiger charge is -2.21. The molecule has 1 aliphatic rings. The zero-order chi connectivity index (χ0) is 10.8. The fraction of sp³-hybridized carbons (Fsp3) is 0.417. The second kappa shape index (κ2) is 3.93. The number of likely N-dealkylation sites (tertiary alicyclic amines) is 1. The van der Waals surface area contributed by atoms with Crippen LogP contribution in [-0.2, 0) is 11.3 Å². The Morgan fingerprint density at radius 3 is 2.80 bits per heavy atom. The van der Waals surface area contributed by atoms with Gasteiger partial charge in [0.25, 0.3) is 0 Å². The van der Waals surface area contributed by atoms with Gasteiger partial charge in [0.2, 0.25) is 5.91 Å². The molecule has 1 unspecified atom stereocenters. The third-order valence-electron chi connectivity index (χ3n) is 2.96. The van der Waals surface area contributed by atoms with Crippen molar-refractivity contribution in [2.75, 3.05) is 0 Å². The van der Waals surface area contributed by atoms with Crippen molar-refractivity contribution in [3.05, 3.63) is 29.8 Å². The number of rotatable bonds is 2. The summed E-state index contributed by atoms with van der Waals surface area (Å²) in [5, 5.41) is 9.61. The average molecular weight is 205 g/mol. The second-order valence-corrected chi connectivity index (χ2v) is 4.04. The molecular weight excluding hydrogens is 190 g/mol. The van der Waals surface area contributed by atoms with E-state index in [1.54, 1.807) is 12.1 Å². The Hall–Kier alpha value is -1.51. The van der Waals surface area contributed by atoms with Crippen LogP contribution in [0, 0.1) is 0 Å². The molecule has 1 aromatic rings. The molecule has 1 atom stereocenters. The van der Waals surface area contributed by atoms with E-state index in [9.17, 15) is 9.90 Å². The maximum atomic E-state index is 11.5. The quantitative estimate of drug-likeness (QED) is 0.801. The van der Waals surface area contributed by atoms with Gasteiger partial charge in [-0.3, -0.25) is 4.79 Å². The van der Waals surface area contributed by atoms with Crippen LogP contribution in [0.2, 0.25) is 0 Å². The Labute approximate surface area is 89.3 Å². The highest BCUT2D eigenvalue weighted by atomic mass is 16.3. The van der Waals surface area contributed by atoms with Gasteiger partial charge in [0.1, 0.15) is 5.75 Å². The van der Waals surface area contributed by atoms with Gasteiger partial charge in [-0.1, -0.05) is 18.2 Å². The van der Waals surface area contributed by atoms with Crippen LogP contribution in [0.1, 0.15) is 25.3 Å². The van der Waals surface area contributed by atoms with Gasteiger partial charge in [-0.25, -0.2) is 0 Å². The number of amides is 1. The molecule has 1 saturated heterocycles. The van der Waals surface area contributed by atoms with Crippen molar-refractivity contribution in [3.63, 3.8) is 0 Å². The molecule has 1 aliphatic heterocycles. The minimum Gasteiger partial charge on any atom is -0.508 e. The van der Waals surface area contributed by atoms with Crippen LogP contribution in [0.25, 0.3) is 0 Å². The zero-order valence-electron chi connectivity index (χ0n) is 8.81. The van der Waals surface area contributed by atoms with Gasteiger partial charge in [-0.15, -0.1) is 0 Å². The molecule has 1 heterocycles. The minimum atomic E-state index is 0.186. The summed E-state index contributed by atoms with van der Waals surface area (Å²) in [5.74, 6) is 0.454. The Morgan fingerprint density at radius 2 is 2.20 bits per heavy atom. The van der Waals surface area contributed by atoms with Gasteiger partial charge >= 0.3 is 0 Å². The van der Waals surface area contributed by atoms with Crippen molar-refractivity contribution in [1.29, 1.82) is 0 Å². The van der Waals surface area contributed by atoms with Crippen LogP contribution in [0.4, 0.5) is 0 Å². The normalized spacial score (nSPS) is 21.0. The van der Waals surface area contributed by atoms with Crippen LogP contribution in [0.15, 0.2) is 24.3 Å². The Kier molecular flexibility index (Phi) is 2.62. The number of hydrogen-bond donors (Lipinski definition) is 1. The first-order valence-corrected chi connectivity index (χ1v) is 5.25. The number of hydrogen-bond acceptors (Lipinski definition) is 2. The highest BCUT2D eigenvalue weighted by Gasteiger charge is 2.27. The number of para-hydroxylation sites is 1. The molecule has 1 aromatic carbocycles. The SMILES string of the molecule is CC1CCC(=O)N1Cc1ccccc1O. The first kappa shape index (κ1) is 10.0. The third-order valence-corrected chi connectivity index (χ3v) is 2.96. The van der Waals surface area contributed by atoms with Gasteiger partial charge < -0.3 is 10.0 Å². The highest BCUT2D eigenvalue weighted by molar-refractivity contribution is 5.78. The smallest absolute Gasteiger partial charge is 0.223 e. The van der Waals surface area contributed by atoms with E-state index < -0.39 is 0 Å². The summed E-state index contributed by atoms with van der Waals surface area (Å²) < 4.78 is 0. The van der Waals surface area contributed by atoms with E-state index in [1.165, 1.54) is 0 Å². The first-order chi connectivity index (χ1) is 7.18.